The first kappa shape index (κ1) is 15.4. The van der Waals surface area contributed by atoms with Crippen LogP contribution in [0.3, 0.4) is 0 Å². The van der Waals surface area contributed by atoms with Crippen LogP contribution in [0.25, 0.3) is 0 Å². The molecule has 6 nitrogen and oxygen atoms in total. The summed E-state index contributed by atoms with van der Waals surface area (Å²) in [5, 5.41) is 2.67. The van der Waals surface area contributed by atoms with Gasteiger partial charge in [0.25, 0.3) is 5.91 Å². The van der Waals surface area contributed by atoms with Gasteiger partial charge in [0.2, 0.25) is 5.91 Å². The number of piperidine rings is 1. The minimum atomic E-state index is -0.111. The number of hydrogen-bond donors (Lipinski definition) is 2. The van der Waals surface area contributed by atoms with E-state index in [4.69, 9.17) is 5.73 Å². The number of rotatable bonds is 4. The monoisotopic (exact) mass is 292 g/mol. The Morgan fingerprint density at radius 2 is 2.24 bits per heavy atom. The topological polar surface area (TPSA) is 80.4 Å². The summed E-state index contributed by atoms with van der Waals surface area (Å²) in [6.07, 6.45) is 4.43. The van der Waals surface area contributed by atoms with E-state index in [1.54, 1.807) is 24.2 Å². The maximum Gasteiger partial charge on any atom is 0.270 e. The number of aromatic nitrogens is 1. The molecule has 1 unspecified atom stereocenters. The highest BCUT2D eigenvalue weighted by Gasteiger charge is 2.29. The molecule has 116 valence electrons. The number of carbonyl (C=O) groups excluding carboxylic acids is 2. The van der Waals surface area contributed by atoms with Crippen LogP contribution in [0.5, 0.6) is 0 Å². The summed E-state index contributed by atoms with van der Waals surface area (Å²) in [7, 11) is 1.64. The summed E-state index contributed by atoms with van der Waals surface area (Å²) >= 11 is 0. The van der Waals surface area contributed by atoms with Crippen LogP contribution in [0, 0.1) is 5.92 Å². The molecular formula is C15H24N4O2. The lowest BCUT2D eigenvalue weighted by molar-refractivity contribution is -0.125. The van der Waals surface area contributed by atoms with Gasteiger partial charge in [0.1, 0.15) is 5.69 Å². The van der Waals surface area contributed by atoms with Gasteiger partial charge in [-0.25, -0.2) is 0 Å². The minimum absolute atomic E-state index is 0.0101. The lowest BCUT2D eigenvalue weighted by Gasteiger charge is -2.32. The predicted molar refractivity (Wildman–Crippen MR) is 81.8 cm³/mol. The molecule has 3 N–H and O–H groups in total. The number of nitrogens with one attached hydrogen (secondary N) is 1. The number of likely N-dealkylation sites (tertiary alicyclic amines) is 1. The first-order chi connectivity index (χ1) is 10.1. The molecule has 0 radical (unpaired) electrons. The maximum atomic E-state index is 12.7. The summed E-state index contributed by atoms with van der Waals surface area (Å²) in [4.78, 5) is 26.2. The Labute approximate surface area is 125 Å². The van der Waals surface area contributed by atoms with Gasteiger partial charge in [0.15, 0.2) is 0 Å². The quantitative estimate of drug-likeness (QED) is 0.871. The van der Waals surface area contributed by atoms with Crippen molar-refractivity contribution >= 4 is 17.5 Å². The summed E-state index contributed by atoms with van der Waals surface area (Å²) in [5.41, 5.74) is 7.04. The van der Waals surface area contributed by atoms with Gasteiger partial charge < -0.3 is 20.5 Å². The SMILES string of the molecule is CCCn1cc(N)cc1C(=O)N1CCCC(C(=O)NC)C1. The highest BCUT2D eigenvalue weighted by molar-refractivity contribution is 5.94. The number of nitrogens with zero attached hydrogens (tertiary/aromatic N) is 2. The predicted octanol–water partition coefficient (Wildman–Crippen LogP) is 1.08. The van der Waals surface area contributed by atoms with E-state index in [1.165, 1.54) is 0 Å². The second kappa shape index (κ2) is 6.65. The van der Waals surface area contributed by atoms with Crippen LogP contribution in [0.4, 0.5) is 5.69 Å². The summed E-state index contributed by atoms with van der Waals surface area (Å²) in [5.74, 6) is -0.135. The molecule has 2 rings (SSSR count). The zero-order valence-corrected chi connectivity index (χ0v) is 12.8. The van der Waals surface area contributed by atoms with E-state index in [-0.39, 0.29) is 17.7 Å². The van der Waals surface area contributed by atoms with Gasteiger partial charge in [0, 0.05) is 32.9 Å². The Morgan fingerprint density at radius 1 is 1.48 bits per heavy atom. The highest BCUT2D eigenvalue weighted by atomic mass is 16.2. The molecule has 1 aromatic heterocycles. The Bertz CT molecular complexity index is 524. The number of anilines is 1. The Morgan fingerprint density at radius 3 is 2.90 bits per heavy atom. The molecule has 2 amide bonds. The van der Waals surface area contributed by atoms with E-state index in [2.05, 4.69) is 12.2 Å². The van der Waals surface area contributed by atoms with Crippen LogP contribution in [0.15, 0.2) is 12.3 Å². The van der Waals surface area contributed by atoms with Gasteiger partial charge in [-0.1, -0.05) is 6.92 Å². The minimum Gasteiger partial charge on any atom is -0.397 e. The molecule has 1 atom stereocenters. The van der Waals surface area contributed by atoms with Crippen LogP contribution in [-0.2, 0) is 11.3 Å². The summed E-state index contributed by atoms with van der Waals surface area (Å²) in [6, 6.07) is 1.72. The molecule has 0 saturated carbocycles. The van der Waals surface area contributed by atoms with Crippen molar-refractivity contribution in [1.29, 1.82) is 0 Å². The Kier molecular flexibility index (Phi) is 4.88. The van der Waals surface area contributed by atoms with Gasteiger partial charge in [-0.2, -0.15) is 0 Å². The van der Waals surface area contributed by atoms with Gasteiger partial charge in [-0.3, -0.25) is 9.59 Å². The van der Waals surface area contributed by atoms with Crippen LogP contribution >= 0.6 is 0 Å². The smallest absolute Gasteiger partial charge is 0.270 e. The van der Waals surface area contributed by atoms with Crippen LogP contribution in [0.2, 0.25) is 0 Å². The van der Waals surface area contributed by atoms with Gasteiger partial charge in [-0.15, -0.1) is 0 Å². The number of nitrogens with two attached hydrogens (primary N) is 1. The fourth-order valence-corrected chi connectivity index (χ4v) is 2.88. The zero-order valence-electron chi connectivity index (χ0n) is 12.8. The molecule has 21 heavy (non-hydrogen) atoms. The fraction of sp³-hybridized carbons (Fsp3) is 0.600. The lowest BCUT2D eigenvalue weighted by Crippen LogP contribution is -2.45. The standard InChI is InChI=1S/C15H24N4O2/c1-3-6-18-10-12(16)8-13(18)15(21)19-7-4-5-11(9-19)14(20)17-2/h8,10-11H,3-7,9,16H2,1-2H3,(H,17,20). The summed E-state index contributed by atoms with van der Waals surface area (Å²) in [6.45, 7) is 4.01. The van der Waals surface area contributed by atoms with Gasteiger partial charge in [0.05, 0.1) is 11.6 Å². The average molecular weight is 292 g/mol. The first-order valence-corrected chi connectivity index (χ1v) is 7.53. The second-order valence-electron chi connectivity index (χ2n) is 5.56. The Balaban J connectivity index is 2.14. The van der Waals surface area contributed by atoms with Crippen molar-refractivity contribution in [1.82, 2.24) is 14.8 Å². The van der Waals surface area contributed by atoms with Gasteiger partial charge in [-0.05, 0) is 25.3 Å². The van der Waals surface area contributed by atoms with E-state index in [0.717, 1.165) is 25.8 Å². The second-order valence-corrected chi connectivity index (χ2v) is 5.56. The third-order valence-corrected chi connectivity index (χ3v) is 3.93. The Hall–Kier alpha value is -1.98. The molecule has 0 aromatic carbocycles. The lowest BCUT2D eigenvalue weighted by atomic mass is 9.97. The van der Waals surface area contributed by atoms with Crippen molar-refractivity contribution in [3.8, 4) is 0 Å². The molecule has 0 spiro atoms. The molecule has 1 aliphatic rings. The fourth-order valence-electron chi connectivity index (χ4n) is 2.88. The van der Waals surface area contributed by atoms with E-state index < -0.39 is 0 Å². The normalized spacial score (nSPS) is 18.6. The van der Waals surface area contributed by atoms with Crippen molar-refractivity contribution in [3.63, 3.8) is 0 Å². The molecule has 0 bridgehead atoms. The molecule has 1 aromatic rings. The molecule has 1 aliphatic heterocycles. The van der Waals surface area contributed by atoms with E-state index in [0.29, 0.717) is 24.5 Å². The van der Waals surface area contributed by atoms with Crippen molar-refractivity contribution in [3.05, 3.63) is 18.0 Å². The molecule has 6 heteroatoms. The van der Waals surface area contributed by atoms with Crippen molar-refractivity contribution in [2.75, 3.05) is 25.9 Å². The molecule has 0 aliphatic carbocycles. The molecule has 1 saturated heterocycles. The molecular weight excluding hydrogens is 268 g/mol. The number of amides is 2. The van der Waals surface area contributed by atoms with Crippen LogP contribution in [0.1, 0.15) is 36.7 Å². The van der Waals surface area contributed by atoms with Crippen molar-refractivity contribution in [2.24, 2.45) is 5.92 Å². The number of nitrogen functional groups attached to an aromatic ring is 1. The van der Waals surface area contributed by atoms with Crippen LogP contribution < -0.4 is 11.1 Å². The first-order valence-electron chi connectivity index (χ1n) is 7.53. The third-order valence-electron chi connectivity index (χ3n) is 3.93. The van der Waals surface area contributed by atoms with Gasteiger partial charge >= 0.3 is 0 Å². The summed E-state index contributed by atoms with van der Waals surface area (Å²) < 4.78 is 1.90. The highest BCUT2D eigenvalue weighted by Crippen LogP contribution is 2.20. The van der Waals surface area contributed by atoms with Crippen LogP contribution in [-0.4, -0.2) is 41.4 Å². The van der Waals surface area contributed by atoms with E-state index in [9.17, 15) is 9.59 Å². The van der Waals surface area contributed by atoms with Crippen molar-refractivity contribution in [2.45, 2.75) is 32.7 Å². The van der Waals surface area contributed by atoms with Crippen molar-refractivity contribution < 1.29 is 9.59 Å². The van der Waals surface area contributed by atoms with E-state index in [1.807, 2.05) is 4.57 Å². The maximum absolute atomic E-state index is 12.7. The number of aryl methyl sites for hydroxylation is 1. The molecule has 2 heterocycles. The zero-order chi connectivity index (χ0) is 15.4. The average Bonchev–Trinajstić information content (AvgIpc) is 2.87. The number of hydrogen-bond acceptors (Lipinski definition) is 3. The number of carbonyl (C=O) groups is 2. The molecule has 1 fully saturated rings. The van der Waals surface area contributed by atoms with E-state index >= 15 is 0 Å². The largest absolute Gasteiger partial charge is 0.397 e. The third kappa shape index (κ3) is 3.37.